The molecular weight excluding hydrogens is 178 g/mol. The maximum Gasteiger partial charge on any atom is 0.217 e. The van der Waals surface area contributed by atoms with Gasteiger partial charge in [-0.15, -0.1) is 0 Å². The van der Waals surface area contributed by atoms with Crippen molar-refractivity contribution in [2.45, 2.75) is 19.9 Å². The smallest absolute Gasteiger partial charge is 0.217 e. The molecule has 0 aliphatic heterocycles. The molecule has 3 nitrogen and oxygen atoms in total. The van der Waals surface area contributed by atoms with Crippen LogP contribution in [0.1, 0.15) is 24.1 Å². The third-order valence-electron chi connectivity index (χ3n) is 2.00. The van der Waals surface area contributed by atoms with E-state index < -0.39 is 0 Å². The minimum Gasteiger partial charge on any atom is -0.394 e. The van der Waals surface area contributed by atoms with Gasteiger partial charge in [0.2, 0.25) is 5.91 Å². The number of carbonyl (C=O) groups excluding carboxylic acids is 1. The second-order valence-corrected chi connectivity index (χ2v) is 3.35. The normalized spacial score (nSPS) is 12.2. The maximum absolute atomic E-state index is 10.8. The summed E-state index contributed by atoms with van der Waals surface area (Å²) in [5, 5.41) is 11.8. The molecule has 0 heterocycles. The number of nitrogens with one attached hydrogen (secondary N) is 1. The largest absolute Gasteiger partial charge is 0.394 e. The van der Waals surface area contributed by atoms with Crippen molar-refractivity contribution in [3.63, 3.8) is 0 Å². The van der Waals surface area contributed by atoms with Gasteiger partial charge in [0.25, 0.3) is 0 Å². The Morgan fingerprint density at radius 3 is 2.79 bits per heavy atom. The van der Waals surface area contributed by atoms with Crippen LogP contribution >= 0.6 is 0 Å². The molecule has 1 aromatic rings. The summed E-state index contributed by atoms with van der Waals surface area (Å²) in [5.41, 5.74) is 2.05. The standard InChI is InChI=1S/C11H15NO2/c1-8-4-3-5-10(6-8)11(7-13)12-9(2)14/h3-6,11,13H,7H2,1-2H3,(H,12,14)/t11-/m1/s1. The van der Waals surface area contributed by atoms with Gasteiger partial charge in [-0.25, -0.2) is 0 Å². The van der Waals surface area contributed by atoms with E-state index in [0.717, 1.165) is 11.1 Å². The third-order valence-corrected chi connectivity index (χ3v) is 2.00. The van der Waals surface area contributed by atoms with Gasteiger partial charge in [-0.2, -0.15) is 0 Å². The van der Waals surface area contributed by atoms with Gasteiger partial charge in [-0.3, -0.25) is 4.79 Å². The SMILES string of the molecule is CC(=O)N[C@H](CO)c1cccc(C)c1. The van der Waals surface area contributed by atoms with Gasteiger partial charge in [0.15, 0.2) is 0 Å². The summed E-state index contributed by atoms with van der Waals surface area (Å²) >= 11 is 0. The molecule has 2 N–H and O–H groups in total. The van der Waals surface area contributed by atoms with E-state index >= 15 is 0 Å². The number of aryl methyl sites for hydroxylation is 1. The fourth-order valence-electron chi connectivity index (χ4n) is 1.37. The number of carbonyl (C=O) groups is 1. The zero-order valence-electron chi connectivity index (χ0n) is 8.45. The quantitative estimate of drug-likeness (QED) is 0.757. The molecule has 1 atom stereocenters. The highest BCUT2D eigenvalue weighted by atomic mass is 16.3. The van der Waals surface area contributed by atoms with E-state index in [2.05, 4.69) is 5.32 Å². The summed E-state index contributed by atoms with van der Waals surface area (Å²) in [4.78, 5) is 10.8. The van der Waals surface area contributed by atoms with Crippen LogP contribution in [0.4, 0.5) is 0 Å². The fourth-order valence-corrected chi connectivity index (χ4v) is 1.37. The van der Waals surface area contributed by atoms with Gasteiger partial charge in [0, 0.05) is 6.92 Å². The van der Waals surface area contributed by atoms with Gasteiger partial charge in [0.1, 0.15) is 0 Å². The van der Waals surface area contributed by atoms with Gasteiger partial charge in [-0.05, 0) is 12.5 Å². The molecule has 1 rings (SSSR count). The van der Waals surface area contributed by atoms with Crippen LogP contribution in [0.3, 0.4) is 0 Å². The molecule has 0 bridgehead atoms. The van der Waals surface area contributed by atoms with Crippen LogP contribution in [0, 0.1) is 6.92 Å². The first kappa shape index (κ1) is 10.7. The van der Waals surface area contributed by atoms with Crippen molar-refractivity contribution in [2.24, 2.45) is 0 Å². The molecule has 0 saturated heterocycles. The summed E-state index contributed by atoms with van der Waals surface area (Å²) in [6.07, 6.45) is 0. The predicted molar refractivity (Wildman–Crippen MR) is 54.8 cm³/mol. The average molecular weight is 193 g/mol. The topological polar surface area (TPSA) is 49.3 Å². The summed E-state index contributed by atoms with van der Waals surface area (Å²) in [7, 11) is 0. The summed E-state index contributed by atoms with van der Waals surface area (Å²) < 4.78 is 0. The number of benzene rings is 1. The highest BCUT2D eigenvalue weighted by molar-refractivity contribution is 5.73. The maximum atomic E-state index is 10.8. The van der Waals surface area contributed by atoms with Gasteiger partial charge >= 0.3 is 0 Å². The molecule has 76 valence electrons. The van der Waals surface area contributed by atoms with E-state index in [4.69, 9.17) is 5.11 Å². The Kier molecular flexibility index (Phi) is 3.65. The molecule has 1 amide bonds. The van der Waals surface area contributed by atoms with E-state index in [9.17, 15) is 4.79 Å². The third kappa shape index (κ3) is 2.85. The molecule has 0 aliphatic rings. The Morgan fingerprint density at radius 1 is 1.57 bits per heavy atom. The van der Waals surface area contributed by atoms with E-state index in [1.165, 1.54) is 6.92 Å². The van der Waals surface area contributed by atoms with Crippen molar-refractivity contribution in [3.05, 3.63) is 35.4 Å². The zero-order valence-corrected chi connectivity index (χ0v) is 8.45. The van der Waals surface area contributed by atoms with Crippen LogP contribution in [0.5, 0.6) is 0 Å². The molecule has 0 aliphatic carbocycles. The molecule has 0 spiro atoms. The average Bonchev–Trinajstić information content (AvgIpc) is 2.14. The zero-order chi connectivity index (χ0) is 10.6. The van der Waals surface area contributed by atoms with Crippen molar-refractivity contribution < 1.29 is 9.90 Å². The van der Waals surface area contributed by atoms with Crippen molar-refractivity contribution >= 4 is 5.91 Å². The number of aliphatic hydroxyl groups excluding tert-OH is 1. The lowest BCUT2D eigenvalue weighted by Crippen LogP contribution is -2.28. The number of rotatable bonds is 3. The van der Waals surface area contributed by atoms with Crippen LogP contribution in [0.25, 0.3) is 0 Å². The number of hydrogen-bond donors (Lipinski definition) is 2. The van der Waals surface area contributed by atoms with E-state index in [1.807, 2.05) is 31.2 Å². The van der Waals surface area contributed by atoms with E-state index in [0.29, 0.717) is 0 Å². The molecule has 0 radical (unpaired) electrons. The van der Waals surface area contributed by atoms with Crippen LogP contribution < -0.4 is 5.32 Å². The number of aliphatic hydroxyl groups is 1. The Balaban J connectivity index is 2.83. The number of hydrogen-bond acceptors (Lipinski definition) is 2. The van der Waals surface area contributed by atoms with Crippen LogP contribution in [-0.4, -0.2) is 17.6 Å². The van der Waals surface area contributed by atoms with E-state index in [-0.39, 0.29) is 18.6 Å². The minimum absolute atomic E-state index is 0.0803. The van der Waals surface area contributed by atoms with Gasteiger partial charge in [-0.1, -0.05) is 29.8 Å². The molecule has 0 aromatic heterocycles. The van der Waals surface area contributed by atoms with Crippen molar-refractivity contribution in [3.8, 4) is 0 Å². The first-order valence-electron chi connectivity index (χ1n) is 4.58. The number of amides is 1. The van der Waals surface area contributed by atoms with E-state index in [1.54, 1.807) is 0 Å². The second kappa shape index (κ2) is 4.77. The highest BCUT2D eigenvalue weighted by Gasteiger charge is 2.10. The van der Waals surface area contributed by atoms with Gasteiger partial charge in [0.05, 0.1) is 12.6 Å². The van der Waals surface area contributed by atoms with Crippen molar-refractivity contribution in [1.82, 2.24) is 5.32 Å². The molecule has 3 heteroatoms. The van der Waals surface area contributed by atoms with Crippen LogP contribution in [0.15, 0.2) is 24.3 Å². The van der Waals surface area contributed by atoms with Crippen LogP contribution in [0.2, 0.25) is 0 Å². The van der Waals surface area contributed by atoms with Gasteiger partial charge < -0.3 is 10.4 Å². The highest BCUT2D eigenvalue weighted by Crippen LogP contribution is 2.13. The Bertz CT molecular complexity index is 323. The molecule has 0 saturated carbocycles. The predicted octanol–water partition coefficient (Wildman–Crippen LogP) is 1.16. The molecule has 0 fully saturated rings. The minimum atomic E-state index is -0.299. The lowest BCUT2D eigenvalue weighted by Gasteiger charge is -2.15. The molecule has 14 heavy (non-hydrogen) atoms. The Morgan fingerprint density at radius 2 is 2.29 bits per heavy atom. The monoisotopic (exact) mass is 193 g/mol. The molecule has 1 aromatic carbocycles. The summed E-state index contributed by atoms with van der Waals surface area (Å²) in [6.45, 7) is 3.34. The molecule has 0 unspecified atom stereocenters. The summed E-state index contributed by atoms with van der Waals surface area (Å²) in [6, 6.07) is 7.44. The molecular formula is C11H15NO2. The second-order valence-electron chi connectivity index (χ2n) is 3.35. The lowest BCUT2D eigenvalue weighted by atomic mass is 10.1. The lowest BCUT2D eigenvalue weighted by molar-refractivity contribution is -0.120. The van der Waals surface area contributed by atoms with Crippen molar-refractivity contribution in [1.29, 1.82) is 0 Å². The fraction of sp³-hybridized carbons (Fsp3) is 0.364. The Labute approximate surface area is 83.8 Å². The van der Waals surface area contributed by atoms with Crippen molar-refractivity contribution in [2.75, 3.05) is 6.61 Å². The summed E-state index contributed by atoms with van der Waals surface area (Å²) in [5.74, 6) is -0.134. The Hall–Kier alpha value is -1.35. The first-order valence-corrected chi connectivity index (χ1v) is 4.58. The van der Waals surface area contributed by atoms with Crippen LogP contribution in [-0.2, 0) is 4.79 Å². The first-order chi connectivity index (χ1) is 6.63.